The monoisotopic (exact) mass is 409 g/mol. The van der Waals surface area contributed by atoms with Crippen LogP contribution in [-0.2, 0) is 6.54 Å². The van der Waals surface area contributed by atoms with Crippen LogP contribution in [0.4, 0.5) is 5.95 Å². The van der Waals surface area contributed by atoms with Crippen LogP contribution in [-0.4, -0.2) is 34.1 Å². The molecule has 1 fully saturated rings. The summed E-state index contributed by atoms with van der Waals surface area (Å²) in [6.07, 6.45) is 2.21. The normalized spacial score (nSPS) is 15.6. The van der Waals surface area contributed by atoms with E-state index < -0.39 is 0 Å². The van der Waals surface area contributed by atoms with E-state index in [0.29, 0.717) is 12.0 Å². The number of benzene rings is 1. The zero-order chi connectivity index (χ0) is 20.5. The molecule has 0 spiro atoms. The molecule has 1 aromatic carbocycles. The molecular formula is C23H31N5S. The fourth-order valence-corrected chi connectivity index (χ4v) is 4.70. The van der Waals surface area contributed by atoms with Gasteiger partial charge in [0.1, 0.15) is 0 Å². The lowest BCUT2D eigenvalue weighted by Crippen LogP contribution is -2.43. The summed E-state index contributed by atoms with van der Waals surface area (Å²) >= 11 is 1.77. The summed E-state index contributed by atoms with van der Waals surface area (Å²) in [6.45, 7) is 13.6. The van der Waals surface area contributed by atoms with Crippen molar-refractivity contribution >= 4 is 28.2 Å². The summed E-state index contributed by atoms with van der Waals surface area (Å²) in [4.78, 5) is 16.8. The minimum Gasteiger partial charge on any atom is -0.341 e. The first kappa shape index (κ1) is 20.2. The van der Waals surface area contributed by atoms with Gasteiger partial charge < -0.3 is 10.2 Å². The molecule has 1 N–H and O–H groups in total. The number of anilines is 1. The molecule has 0 amide bonds. The number of nitrogens with one attached hydrogen (secondary N) is 1. The molecule has 2 aromatic heterocycles. The van der Waals surface area contributed by atoms with Crippen molar-refractivity contribution in [3.8, 4) is 0 Å². The standard InChI is InChI=1S/C23H31N5S/c1-14(2)22-26-19(13-29-22)12-24-18-6-8-28(9-7-18)23-25-17(5)20-10-15(3)16(4)11-21(20)27-23/h10-11,13-14,18,24H,6-9,12H2,1-5H3. The molecule has 1 saturated heterocycles. The summed E-state index contributed by atoms with van der Waals surface area (Å²) in [7, 11) is 0. The minimum absolute atomic E-state index is 0.509. The van der Waals surface area contributed by atoms with Gasteiger partial charge in [0.25, 0.3) is 0 Å². The Hall–Kier alpha value is -2.05. The smallest absolute Gasteiger partial charge is 0.226 e. The third-order valence-corrected chi connectivity index (χ3v) is 7.10. The molecule has 3 aromatic rings. The molecular weight excluding hydrogens is 378 g/mol. The Morgan fingerprint density at radius 3 is 2.48 bits per heavy atom. The highest BCUT2D eigenvalue weighted by atomic mass is 32.1. The summed E-state index contributed by atoms with van der Waals surface area (Å²) < 4.78 is 0. The molecule has 0 unspecified atom stereocenters. The van der Waals surface area contributed by atoms with Crippen LogP contribution in [0.15, 0.2) is 17.5 Å². The maximum absolute atomic E-state index is 4.89. The van der Waals surface area contributed by atoms with Crippen LogP contribution in [0.5, 0.6) is 0 Å². The Labute approximate surface area is 177 Å². The van der Waals surface area contributed by atoms with Crippen LogP contribution in [0.3, 0.4) is 0 Å². The Bertz CT molecular complexity index is 1000. The largest absolute Gasteiger partial charge is 0.341 e. The van der Waals surface area contributed by atoms with Gasteiger partial charge in [-0.25, -0.2) is 15.0 Å². The van der Waals surface area contributed by atoms with Gasteiger partial charge >= 0.3 is 0 Å². The summed E-state index contributed by atoms with van der Waals surface area (Å²) in [5.74, 6) is 1.38. The zero-order valence-electron chi connectivity index (χ0n) is 18.1. The van der Waals surface area contributed by atoms with E-state index in [0.717, 1.165) is 55.0 Å². The van der Waals surface area contributed by atoms with Gasteiger partial charge in [-0.2, -0.15) is 0 Å². The van der Waals surface area contributed by atoms with Gasteiger partial charge in [0.05, 0.1) is 21.9 Å². The first-order chi connectivity index (χ1) is 13.9. The highest BCUT2D eigenvalue weighted by Gasteiger charge is 2.22. The molecule has 0 radical (unpaired) electrons. The Morgan fingerprint density at radius 2 is 1.79 bits per heavy atom. The van der Waals surface area contributed by atoms with E-state index in [9.17, 15) is 0 Å². The second-order valence-corrected chi connectivity index (χ2v) is 9.43. The van der Waals surface area contributed by atoms with Crippen molar-refractivity contribution in [1.29, 1.82) is 0 Å². The minimum atomic E-state index is 0.509. The van der Waals surface area contributed by atoms with Crippen LogP contribution < -0.4 is 10.2 Å². The molecule has 5 nitrogen and oxygen atoms in total. The topological polar surface area (TPSA) is 53.9 Å². The summed E-state index contributed by atoms with van der Waals surface area (Å²) in [5, 5.41) is 8.27. The molecule has 0 bridgehead atoms. The van der Waals surface area contributed by atoms with E-state index in [1.54, 1.807) is 11.3 Å². The van der Waals surface area contributed by atoms with E-state index in [4.69, 9.17) is 15.0 Å². The molecule has 154 valence electrons. The Kier molecular flexibility index (Phi) is 5.83. The quantitative estimate of drug-likeness (QED) is 0.650. The van der Waals surface area contributed by atoms with Crippen LogP contribution >= 0.6 is 11.3 Å². The van der Waals surface area contributed by atoms with Gasteiger partial charge in [0, 0.05) is 42.4 Å². The maximum atomic E-state index is 4.89. The van der Waals surface area contributed by atoms with Crippen molar-refractivity contribution in [2.45, 2.75) is 66.0 Å². The second-order valence-electron chi connectivity index (χ2n) is 8.54. The van der Waals surface area contributed by atoms with Gasteiger partial charge in [-0.15, -0.1) is 11.3 Å². The number of rotatable bonds is 5. The molecule has 6 heteroatoms. The van der Waals surface area contributed by atoms with Crippen molar-refractivity contribution in [3.05, 3.63) is 45.0 Å². The number of hydrogen-bond donors (Lipinski definition) is 1. The van der Waals surface area contributed by atoms with Gasteiger partial charge in [0.15, 0.2) is 0 Å². The van der Waals surface area contributed by atoms with Crippen molar-refractivity contribution in [2.24, 2.45) is 0 Å². The fourth-order valence-electron chi connectivity index (χ4n) is 3.87. The average Bonchev–Trinajstić information content (AvgIpc) is 3.18. The van der Waals surface area contributed by atoms with Crippen LogP contribution in [0, 0.1) is 20.8 Å². The number of fused-ring (bicyclic) bond motifs is 1. The molecule has 0 saturated carbocycles. The molecule has 29 heavy (non-hydrogen) atoms. The summed E-state index contributed by atoms with van der Waals surface area (Å²) in [6, 6.07) is 4.93. The third kappa shape index (κ3) is 4.43. The van der Waals surface area contributed by atoms with E-state index in [-0.39, 0.29) is 0 Å². The van der Waals surface area contributed by atoms with Gasteiger partial charge in [0.2, 0.25) is 5.95 Å². The molecule has 4 rings (SSSR count). The van der Waals surface area contributed by atoms with E-state index >= 15 is 0 Å². The predicted molar refractivity (Wildman–Crippen MR) is 122 cm³/mol. The highest BCUT2D eigenvalue weighted by molar-refractivity contribution is 7.09. The van der Waals surface area contributed by atoms with Crippen molar-refractivity contribution in [1.82, 2.24) is 20.3 Å². The second kappa shape index (κ2) is 8.36. The van der Waals surface area contributed by atoms with Crippen LogP contribution in [0.2, 0.25) is 0 Å². The summed E-state index contributed by atoms with van der Waals surface area (Å²) in [5.41, 5.74) is 5.87. The number of aryl methyl sites for hydroxylation is 3. The first-order valence-electron chi connectivity index (χ1n) is 10.6. The predicted octanol–water partition coefficient (Wildman–Crippen LogP) is 4.89. The third-order valence-electron chi connectivity index (χ3n) is 5.90. The van der Waals surface area contributed by atoms with E-state index in [1.165, 1.54) is 21.8 Å². The van der Waals surface area contributed by atoms with Crippen LogP contribution in [0.1, 0.15) is 60.1 Å². The number of hydrogen-bond acceptors (Lipinski definition) is 6. The number of nitrogens with zero attached hydrogens (tertiary/aromatic N) is 4. The Balaban J connectivity index is 1.38. The lowest BCUT2D eigenvalue weighted by molar-refractivity contribution is 0.409. The molecule has 0 aliphatic carbocycles. The Morgan fingerprint density at radius 1 is 1.07 bits per heavy atom. The zero-order valence-corrected chi connectivity index (χ0v) is 18.9. The average molecular weight is 410 g/mol. The highest BCUT2D eigenvalue weighted by Crippen LogP contribution is 2.25. The van der Waals surface area contributed by atoms with Gasteiger partial charge in [-0.1, -0.05) is 13.8 Å². The molecule has 1 aliphatic heterocycles. The van der Waals surface area contributed by atoms with E-state index in [2.05, 4.69) is 62.3 Å². The van der Waals surface area contributed by atoms with E-state index in [1.807, 2.05) is 0 Å². The molecule has 0 atom stereocenters. The first-order valence-corrected chi connectivity index (χ1v) is 11.5. The van der Waals surface area contributed by atoms with Crippen molar-refractivity contribution < 1.29 is 0 Å². The number of thiazole rings is 1. The van der Waals surface area contributed by atoms with Crippen LogP contribution in [0.25, 0.3) is 10.9 Å². The number of aromatic nitrogens is 3. The molecule has 1 aliphatic rings. The fraction of sp³-hybridized carbons (Fsp3) is 0.522. The van der Waals surface area contributed by atoms with Crippen molar-refractivity contribution in [3.63, 3.8) is 0 Å². The molecule has 3 heterocycles. The number of piperidine rings is 1. The van der Waals surface area contributed by atoms with Gasteiger partial charge in [-0.05, 0) is 56.9 Å². The maximum Gasteiger partial charge on any atom is 0.226 e. The van der Waals surface area contributed by atoms with Gasteiger partial charge in [-0.3, -0.25) is 0 Å². The SMILES string of the molecule is Cc1cc2nc(N3CCC(NCc4csc(C(C)C)n4)CC3)nc(C)c2cc1C. The lowest BCUT2D eigenvalue weighted by Gasteiger charge is -2.32. The lowest BCUT2D eigenvalue weighted by atomic mass is 10.0. The van der Waals surface area contributed by atoms with Crippen molar-refractivity contribution in [2.75, 3.05) is 18.0 Å².